The van der Waals surface area contributed by atoms with Crippen molar-refractivity contribution in [2.75, 3.05) is 31.3 Å². The third kappa shape index (κ3) is 8.72. The predicted molar refractivity (Wildman–Crippen MR) is 165 cm³/mol. The molecule has 2 atom stereocenters. The number of amides is 2. The molecule has 2 amide bonds. The van der Waals surface area contributed by atoms with E-state index in [1.165, 1.54) is 25.2 Å². The van der Waals surface area contributed by atoms with Crippen LogP contribution in [0.25, 0.3) is 0 Å². The summed E-state index contributed by atoms with van der Waals surface area (Å²) in [6.07, 6.45) is 2.00. The van der Waals surface area contributed by atoms with Crippen molar-refractivity contribution in [2.24, 2.45) is 0 Å². The molecule has 0 saturated carbocycles. The lowest BCUT2D eigenvalue weighted by molar-refractivity contribution is -0.140. The van der Waals surface area contributed by atoms with Gasteiger partial charge in [-0.05, 0) is 43.5 Å². The van der Waals surface area contributed by atoms with Crippen molar-refractivity contribution in [2.45, 2.75) is 52.2 Å². The Hall–Kier alpha value is -4.05. The third-order valence-corrected chi connectivity index (χ3v) is 8.17. The molecule has 10 heteroatoms. The SMILES string of the molecule is CC[C@@H](C)NC(=O)[C@H](Cc1ccccc1)N(Cc1cccc(C)c1)C(=O)CN(c1cc(OC)ccc1OC)S(C)(=O)=O. The molecule has 0 heterocycles. The average Bonchev–Trinajstić information content (AvgIpc) is 2.97. The molecular formula is C32H41N3O6S. The molecule has 0 bridgehead atoms. The summed E-state index contributed by atoms with van der Waals surface area (Å²) in [5, 5.41) is 3.03. The van der Waals surface area contributed by atoms with E-state index in [4.69, 9.17) is 9.47 Å². The Morgan fingerprint density at radius 3 is 2.21 bits per heavy atom. The number of nitrogens with zero attached hydrogens (tertiary/aromatic N) is 2. The molecule has 0 aliphatic rings. The molecule has 0 spiro atoms. The number of hydrogen-bond donors (Lipinski definition) is 1. The van der Waals surface area contributed by atoms with Crippen molar-refractivity contribution in [3.63, 3.8) is 0 Å². The van der Waals surface area contributed by atoms with Gasteiger partial charge in [0.05, 0.1) is 26.2 Å². The van der Waals surface area contributed by atoms with Crippen molar-refractivity contribution in [3.8, 4) is 11.5 Å². The Labute approximate surface area is 249 Å². The minimum atomic E-state index is -3.96. The van der Waals surface area contributed by atoms with Crippen LogP contribution in [0.3, 0.4) is 0 Å². The van der Waals surface area contributed by atoms with E-state index in [1.807, 2.05) is 75.4 Å². The van der Waals surface area contributed by atoms with E-state index in [0.717, 1.165) is 27.3 Å². The summed E-state index contributed by atoms with van der Waals surface area (Å²) in [5.41, 5.74) is 2.86. The normalized spacial score (nSPS) is 12.6. The van der Waals surface area contributed by atoms with E-state index in [-0.39, 0.29) is 36.4 Å². The van der Waals surface area contributed by atoms with Gasteiger partial charge in [0.15, 0.2) is 0 Å². The molecule has 9 nitrogen and oxygen atoms in total. The molecule has 0 radical (unpaired) electrons. The van der Waals surface area contributed by atoms with Gasteiger partial charge in [-0.25, -0.2) is 8.42 Å². The minimum absolute atomic E-state index is 0.110. The van der Waals surface area contributed by atoms with Gasteiger partial charge >= 0.3 is 0 Å². The smallest absolute Gasteiger partial charge is 0.244 e. The van der Waals surface area contributed by atoms with Gasteiger partial charge in [0.2, 0.25) is 21.8 Å². The van der Waals surface area contributed by atoms with Crippen molar-refractivity contribution in [1.82, 2.24) is 10.2 Å². The Kier molecular flexibility index (Phi) is 11.4. The summed E-state index contributed by atoms with van der Waals surface area (Å²) in [7, 11) is -1.07. The Bertz CT molecular complexity index is 1460. The fourth-order valence-electron chi connectivity index (χ4n) is 4.59. The molecular weight excluding hydrogens is 554 g/mol. The second-order valence-corrected chi connectivity index (χ2v) is 12.2. The second kappa shape index (κ2) is 14.7. The number of hydrogen-bond acceptors (Lipinski definition) is 6. The van der Waals surface area contributed by atoms with Gasteiger partial charge in [-0.3, -0.25) is 13.9 Å². The highest BCUT2D eigenvalue weighted by Gasteiger charge is 2.34. The molecule has 3 aromatic carbocycles. The molecule has 0 unspecified atom stereocenters. The Balaban J connectivity index is 2.11. The van der Waals surface area contributed by atoms with Crippen LogP contribution < -0.4 is 19.1 Å². The highest BCUT2D eigenvalue weighted by molar-refractivity contribution is 7.92. The van der Waals surface area contributed by atoms with E-state index in [1.54, 1.807) is 12.1 Å². The van der Waals surface area contributed by atoms with Crippen LogP contribution in [0.5, 0.6) is 11.5 Å². The van der Waals surface area contributed by atoms with Gasteiger partial charge in [0, 0.05) is 25.1 Å². The van der Waals surface area contributed by atoms with Gasteiger partial charge in [-0.15, -0.1) is 0 Å². The van der Waals surface area contributed by atoms with Gasteiger partial charge < -0.3 is 19.7 Å². The first-order valence-corrected chi connectivity index (χ1v) is 15.7. The maximum atomic E-state index is 14.3. The second-order valence-electron chi connectivity index (χ2n) is 10.3. The van der Waals surface area contributed by atoms with Gasteiger partial charge in [0.1, 0.15) is 24.1 Å². The number of benzene rings is 3. The first kappa shape index (κ1) is 32.5. The number of rotatable bonds is 14. The first-order chi connectivity index (χ1) is 20.0. The maximum Gasteiger partial charge on any atom is 0.244 e. The number of carbonyl (C=O) groups excluding carboxylic acids is 2. The van der Waals surface area contributed by atoms with Crippen LogP contribution in [-0.4, -0.2) is 64.2 Å². The summed E-state index contributed by atoms with van der Waals surface area (Å²) < 4.78 is 38.0. The van der Waals surface area contributed by atoms with Crippen LogP contribution in [0.2, 0.25) is 0 Å². The molecule has 3 aromatic rings. The summed E-state index contributed by atoms with van der Waals surface area (Å²) in [4.78, 5) is 29.5. The molecule has 3 rings (SSSR count). The number of sulfonamides is 1. The molecule has 42 heavy (non-hydrogen) atoms. The van der Waals surface area contributed by atoms with Crippen LogP contribution in [0.1, 0.15) is 37.0 Å². The number of methoxy groups -OCH3 is 2. The van der Waals surface area contributed by atoms with Gasteiger partial charge in [0.25, 0.3) is 0 Å². The lowest BCUT2D eigenvalue weighted by Gasteiger charge is -2.34. The van der Waals surface area contributed by atoms with E-state index >= 15 is 0 Å². The van der Waals surface area contributed by atoms with Crippen molar-refractivity contribution in [3.05, 3.63) is 89.5 Å². The zero-order chi connectivity index (χ0) is 30.9. The first-order valence-electron chi connectivity index (χ1n) is 13.9. The van der Waals surface area contributed by atoms with E-state index < -0.39 is 28.5 Å². The van der Waals surface area contributed by atoms with Crippen LogP contribution >= 0.6 is 0 Å². The highest BCUT2D eigenvalue weighted by Crippen LogP contribution is 2.34. The number of ether oxygens (including phenoxy) is 2. The molecule has 0 aliphatic heterocycles. The van der Waals surface area contributed by atoms with E-state index in [0.29, 0.717) is 12.2 Å². The van der Waals surface area contributed by atoms with E-state index in [2.05, 4.69) is 5.32 Å². The number of carbonyl (C=O) groups is 2. The van der Waals surface area contributed by atoms with Crippen LogP contribution in [0, 0.1) is 6.92 Å². The molecule has 226 valence electrons. The Morgan fingerprint density at radius 2 is 1.62 bits per heavy atom. The monoisotopic (exact) mass is 595 g/mol. The zero-order valence-electron chi connectivity index (χ0n) is 25.2. The van der Waals surface area contributed by atoms with Crippen molar-refractivity contribution in [1.29, 1.82) is 0 Å². The summed E-state index contributed by atoms with van der Waals surface area (Å²) in [5.74, 6) is -0.181. The third-order valence-electron chi connectivity index (χ3n) is 7.04. The van der Waals surface area contributed by atoms with Crippen LogP contribution in [0.15, 0.2) is 72.8 Å². The average molecular weight is 596 g/mol. The molecule has 1 N–H and O–H groups in total. The Morgan fingerprint density at radius 1 is 0.929 bits per heavy atom. The topological polar surface area (TPSA) is 105 Å². The fourth-order valence-corrected chi connectivity index (χ4v) is 5.43. The fraction of sp³-hybridized carbons (Fsp3) is 0.375. The van der Waals surface area contributed by atoms with E-state index in [9.17, 15) is 18.0 Å². The van der Waals surface area contributed by atoms with Crippen LogP contribution in [0.4, 0.5) is 5.69 Å². The molecule has 0 fully saturated rings. The summed E-state index contributed by atoms with van der Waals surface area (Å²) in [6.45, 7) is 5.39. The quantitative estimate of drug-likeness (QED) is 0.298. The minimum Gasteiger partial charge on any atom is -0.497 e. The number of nitrogens with one attached hydrogen (secondary N) is 1. The van der Waals surface area contributed by atoms with Gasteiger partial charge in [-0.2, -0.15) is 0 Å². The lowest BCUT2D eigenvalue weighted by Crippen LogP contribution is -2.54. The maximum absolute atomic E-state index is 14.3. The zero-order valence-corrected chi connectivity index (χ0v) is 26.0. The molecule has 0 aliphatic carbocycles. The van der Waals surface area contributed by atoms with Gasteiger partial charge in [-0.1, -0.05) is 67.1 Å². The van der Waals surface area contributed by atoms with Crippen LogP contribution in [-0.2, 0) is 32.6 Å². The number of anilines is 1. The number of aryl methyl sites for hydroxylation is 1. The molecule has 0 aromatic heterocycles. The summed E-state index contributed by atoms with van der Waals surface area (Å²) in [6, 6.07) is 20.9. The summed E-state index contributed by atoms with van der Waals surface area (Å²) >= 11 is 0. The van der Waals surface area contributed by atoms with Crippen molar-refractivity contribution < 1.29 is 27.5 Å². The highest BCUT2D eigenvalue weighted by atomic mass is 32.2. The largest absolute Gasteiger partial charge is 0.497 e. The lowest BCUT2D eigenvalue weighted by atomic mass is 10.0. The predicted octanol–water partition coefficient (Wildman–Crippen LogP) is 4.33. The molecule has 0 saturated heterocycles. The standard InChI is InChI=1S/C32H41N3O6S/c1-7-24(3)33-32(37)29(19-25-13-9-8-10-14-25)34(21-26-15-11-12-23(2)18-26)31(36)22-35(42(6,38)39)28-20-27(40-4)16-17-30(28)41-5/h8-18,20,24,29H,7,19,21-22H2,1-6H3,(H,33,37)/t24-,29+/m1/s1. The van der Waals surface area contributed by atoms with Crippen molar-refractivity contribution >= 4 is 27.5 Å².